The van der Waals surface area contributed by atoms with Crippen molar-refractivity contribution in [3.8, 4) is 0 Å². The molecule has 1 heterocycles. The fourth-order valence-corrected chi connectivity index (χ4v) is 2.49. The second kappa shape index (κ2) is 8.08. The van der Waals surface area contributed by atoms with Crippen LogP contribution >= 0.6 is 0 Å². The first-order valence-electron chi connectivity index (χ1n) is 8.45. The molecule has 3 rings (SSSR count). The number of carbonyl (C=O) groups excluding carboxylic acids is 1. The minimum Gasteiger partial charge on any atom is -0.345 e. The summed E-state index contributed by atoms with van der Waals surface area (Å²) in [6.45, 7) is 1.87. The molecule has 1 aromatic heterocycles. The van der Waals surface area contributed by atoms with Crippen LogP contribution in [0.25, 0.3) is 0 Å². The molecule has 144 valence electrons. The lowest BCUT2D eigenvalue weighted by atomic mass is 10.1. The van der Waals surface area contributed by atoms with E-state index >= 15 is 0 Å². The Morgan fingerprint density at radius 1 is 0.964 bits per heavy atom. The number of hydrogen-bond acceptors (Lipinski definition) is 4. The van der Waals surface area contributed by atoms with E-state index in [1.54, 1.807) is 0 Å². The lowest BCUT2D eigenvalue weighted by molar-refractivity contribution is -0.137. The lowest BCUT2D eigenvalue weighted by Crippen LogP contribution is -2.26. The van der Waals surface area contributed by atoms with E-state index in [0.29, 0.717) is 5.69 Å². The molecule has 2 N–H and O–H groups in total. The molecule has 8 heteroatoms. The molecular formula is C20H17F3N4O. The number of nitrogens with zero attached hydrogens (tertiary/aromatic N) is 2. The van der Waals surface area contributed by atoms with E-state index in [-0.39, 0.29) is 23.5 Å². The van der Waals surface area contributed by atoms with Gasteiger partial charge in [-0.2, -0.15) is 13.2 Å². The third-order valence-corrected chi connectivity index (χ3v) is 4.03. The summed E-state index contributed by atoms with van der Waals surface area (Å²) in [5, 5.41) is 5.65. The normalized spacial score (nSPS) is 12.3. The van der Waals surface area contributed by atoms with Crippen molar-refractivity contribution in [3.05, 3.63) is 83.7 Å². The molecule has 0 fully saturated rings. The Morgan fingerprint density at radius 2 is 1.57 bits per heavy atom. The van der Waals surface area contributed by atoms with Crippen LogP contribution in [0.2, 0.25) is 0 Å². The predicted octanol–water partition coefficient (Wildman–Crippen LogP) is 4.73. The average Bonchev–Trinajstić information content (AvgIpc) is 2.69. The smallest absolute Gasteiger partial charge is 0.345 e. The molecule has 0 spiro atoms. The van der Waals surface area contributed by atoms with Crippen LogP contribution in [0.15, 0.2) is 67.0 Å². The number of amides is 1. The topological polar surface area (TPSA) is 66.9 Å². The molecular weight excluding hydrogens is 369 g/mol. The molecule has 0 aliphatic rings. The van der Waals surface area contributed by atoms with Gasteiger partial charge in [-0.15, -0.1) is 0 Å². The van der Waals surface area contributed by atoms with Gasteiger partial charge in [0.05, 0.1) is 17.2 Å². The zero-order valence-electron chi connectivity index (χ0n) is 14.9. The van der Waals surface area contributed by atoms with E-state index in [0.717, 1.165) is 17.7 Å². The number of carbonyl (C=O) groups is 1. The second-order valence-corrected chi connectivity index (χ2v) is 6.10. The van der Waals surface area contributed by atoms with Crippen molar-refractivity contribution in [3.63, 3.8) is 0 Å². The zero-order valence-corrected chi connectivity index (χ0v) is 14.9. The number of halogens is 3. The summed E-state index contributed by atoms with van der Waals surface area (Å²) in [4.78, 5) is 20.4. The van der Waals surface area contributed by atoms with Crippen molar-refractivity contribution in [1.29, 1.82) is 0 Å². The fourth-order valence-electron chi connectivity index (χ4n) is 2.49. The van der Waals surface area contributed by atoms with Crippen molar-refractivity contribution in [2.45, 2.75) is 19.1 Å². The van der Waals surface area contributed by atoms with Crippen molar-refractivity contribution < 1.29 is 18.0 Å². The van der Waals surface area contributed by atoms with Crippen molar-refractivity contribution in [2.75, 3.05) is 5.32 Å². The minimum atomic E-state index is -4.39. The highest BCUT2D eigenvalue weighted by atomic mass is 19.4. The zero-order chi connectivity index (χ0) is 20.1. The molecule has 2 aromatic carbocycles. The largest absolute Gasteiger partial charge is 0.416 e. The van der Waals surface area contributed by atoms with Gasteiger partial charge < -0.3 is 10.6 Å². The molecule has 0 aliphatic carbocycles. The van der Waals surface area contributed by atoms with Crippen LogP contribution in [0.4, 0.5) is 24.8 Å². The van der Waals surface area contributed by atoms with Gasteiger partial charge in [-0.3, -0.25) is 4.79 Å². The average molecular weight is 386 g/mol. The molecule has 1 unspecified atom stereocenters. The van der Waals surface area contributed by atoms with Crippen molar-refractivity contribution >= 4 is 17.5 Å². The van der Waals surface area contributed by atoms with Crippen LogP contribution in [0.5, 0.6) is 0 Å². The fraction of sp³-hybridized carbons (Fsp3) is 0.150. The monoisotopic (exact) mass is 386 g/mol. The van der Waals surface area contributed by atoms with E-state index in [1.165, 1.54) is 24.5 Å². The molecule has 0 radical (unpaired) electrons. The third-order valence-electron chi connectivity index (χ3n) is 4.03. The molecule has 0 saturated heterocycles. The molecule has 0 bridgehead atoms. The Kier molecular flexibility index (Phi) is 5.58. The first kappa shape index (κ1) is 19.3. The van der Waals surface area contributed by atoms with Gasteiger partial charge in [0.25, 0.3) is 5.91 Å². The molecule has 1 atom stereocenters. The number of alkyl halides is 3. The first-order chi connectivity index (χ1) is 13.3. The molecule has 1 amide bonds. The van der Waals surface area contributed by atoms with Crippen LogP contribution in [0.1, 0.15) is 34.5 Å². The number of anilines is 2. The summed E-state index contributed by atoms with van der Waals surface area (Å²) in [5.41, 5.74) is 0.916. The number of hydrogen-bond donors (Lipinski definition) is 2. The van der Waals surface area contributed by atoms with Crippen LogP contribution in [-0.4, -0.2) is 15.9 Å². The van der Waals surface area contributed by atoms with E-state index in [1.807, 2.05) is 37.3 Å². The van der Waals surface area contributed by atoms with E-state index in [9.17, 15) is 18.0 Å². The van der Waals surface area contributed by atoms with Gasteiger partial charge in [-0.1, -0.05) is 30.3 Å². The van der Waals surface area contributed by atoms with E-state index in [2.05, 4.69) is 20.6 Å². The summed E-state index contributed by atoms with van der Waals surface area (Å²) in [7, 11) is 0. The summed E-state index contributed by atoms with van der Waals surface area (Å²) >= 11 is 0. The van der Waals surface area contributed by atoms with Gasteiger partial charge in [0.15, 0.2) is 0 Å². The second-order valence-electron chi connectivity index (χ2n) is 6.10. The minimum absolute atomic E-state index is 0.174. The van der Waals surface area contributed by atoms with Gasteiger partial charge >= 0.3 is 6.18 Å². The lowest BCUT2D eigenvalue weighted by Gasteiger charge is -2.14. The van der Waals surface area contributed by atoms with Gasteiger partial charge in [0, 0.05) is 18.1 Å². The van der Waals surface area contributed by atoms with E-state index < -0.39 is 11.7 Å². The molecule has 0 saturated carbocycles. The third kappa shape index (κ3) is 4.85. The Labute approximate surface area is 159 Å². The Balaban J connectivity index is 1.62. The highest BCUT2D eigenvalue weighted by molar-refractivity contribution is 5.93. The highest BCUT2D eigenvalue weighted by Gasteiger charge is 2.29. The Bertz CT molecular complexity index is 926. The van der Waals surface area contributed by atoms with Crippen LogP contribution in [-0.2, 0) is 6.18 Å². The maximum atomic E-state index is 12.6. The molecule has 5 nitrogen and oxygen atoms in total. The van der Waals surface area contributed by atoms with Gasteiger partial charge in [-0.05, 0) is 36.8 Å². The predicted molar refractivity (Wildman–Crippen MR) is 99.1 cm³/mol. The van der Waals surface area contributed by atoms with Crippen LogP contribution in [0, 0.1) is 0 Å². The molecule has 3 aromatic rings. The SMILES string of the molecule is CC(NC(=O)c1cnc(Nc2ccc(C(F)(F)F)cc2)nc1)c1ccccc1. The van der Waals surface area contributed by atoms with Gasteiger partial charge in [-0.25, -0.2) is 9.97 Å². The number of aromatic nitrogens is 2. The summed E-state index contributed by atoms with van der Waals surface area (Å²) < 4.78 is 37.7. The van der Waals surface area contributed by atoms with E-state index in [4.69, 9.17) is 0 Å². The van der Waals surface area contributed by atoms with Gasteiger partial charge in [0.2, 0.25) is 5.95 Å². The molecule has 28 heavy (non-hydrogen) atoms. The van der Waals surface area contributed by atoms with Crippen LogP contribution in [0.3, 0.4) is 0 Å². The maximum Gasteiger partial charge on any atom is 0.416 e. The first-order valence-corrected chi connectivity index (χ1v) is 8.45. The summed E-state index contributed by atoms with van der Waals surface area (Å²) in [6, 6.07) is 13.8. The quantitative estimate of drug-likeness (QED) is 0.665. The summed E-state index contributed by atoms with van der Waals surface area (Å²) in [6.07, 6.45) is -1.68. The number of rotatable bonds is 5. The van der Waals surface area contributed by atoms with Crippen molar-refractivity contribution in [1.82, 2.24) is 15.3 Å². The van der Waals surface area contributed by atoms with Gasteiger partial charge in [0.1, 0.15) is 0 Å². The standard InChI is InChI=1S/C20H17F3N4O/c1-13(14-5-3-2-4-6-14)26-18(28)15-11-24-19(25-12-15)27-17-9-7-16(8-10-17)20(21,22)23/h2-13H,1H3,(H,26,28)(H,24,25,27). The summed E-state index contributed by atoms with van der Waals surface area (Å²) in [5.74, 6) is -0.148. The highest BCUT2D eigenvalue weighted by Crippen LogP contribution is 2.30. The number of benzene rings is 2. The Hall–Kier alpha value is -3.42. The number of nitrogens with one attached hydrogen (secondary N) is 2. The maximum absolute atomic E-state index is 12.6. The molecule has 0 aliphatic heterocycles. The van der Waals surface area contributed by atoms with Crippen LogP contribution < -0.4 is 10.6 Å². The Morgan fingerprint density at radius 3 is 2.14 bits per heavy atom. The van der Waals surface area contributed by atoms with Crippen molar-refractivity contribution in [2.24, 2.45) is 0 Å².